The molecule has 1 aliphatic rings. The lowest BCUT2D eigenvalue weighted by Crippen LogP contribution is -2.32. The van der Waals surface area contributed by atoms with Crippen molar-refractivity contribution in [2.75, 3.05) is 0 Å². The molecule has 1 fully saturated rings. The number of halogens is 1. The number of rotatable bonds is 2. The van der Waals surface area contributed by atoms with Gasteiger partial charge in [0.15, 0.2) is 0 Å². The predicted octanol–water partition coefficient (Wildman–Crippen LogP) is 4.47. The van der Waals surface area contributed by atoms with Crippen LogP contribution >= 0.6 is 22.9 Å². The van der Waals surface area contributed by atoms with Crippen molar-refractivity contribution < 1.29 is 4.79 Å². The van der Waals surface area contributed by atoms with Gasteiger partial charge >= 0.3 is 0 Å². The summed E-state index contributed by atoms with van der Waals surface area (Å²) >= 11 is 7.79. The Hall–Kier alpha value is -1.06. The predicted molar refractivity (Wildman–Crippen MR) is 81.1 cm³/mol. The van der Waals surface area contributed by atoms with Gasteiger partial charge in [0, 0.05) is 16.1 Å². The Morgan fingerprint density at radius 2 is 2.16 bits per heavy atom. The van der Waals surface area contributed by atoms with Gasteiger partial charge in [-0.2, -0.15) is 0 Å². The monoisotopic (exact) mass is 293 g/mol. The molecule has 0 radical (unpaired) electrons. The quantitative estimate of drug-likeness (QED) is 0.869. The van der Waals surface area contributed by atoms with E-state index in [2.05, 4.69) is 12.2 Å². The van der Waals surface area contributed by atoms with Gasteiger partial charge < -0.3 is 5.32 Å². The molecule has 19 heavy (non-hydrogen) atoms. The van der Waals surface area contributed by atoms with Gasteiger partial charge in [-0.3, -0.25) is 4.79 Å². The third-order valence-corrected chi connectivity index (χ3v) is 5.45. The Balaban J connectivity index is 1.83. The van der Waals surface area contributed by atoms with Crippen LogP contribution in [0.4, 0.5) is 0 Å². The van der Waals surface area contributed by atoms with Crippen LogP contribution in [-0.4, -0.2) is 11.9 Å². The number of nitrogens with one attached hydrogen (secondary N) is 1. The van der Waals surface area contributed by atoms with Crippen LogP contribution in [0.3, 0.4) is 0 Å². The third-order valence-electron chi connectivity index (χ3n) is 3.77. The summed E-state index contributed by atoms with van der Waals surface area (Å²) in [6.07, 6.45) is 3.36. The molecule has 2 unspecified atom stereocenters. The van der Waals surface area contributed by atoms with E-state index in [1.807, 2.05) is 24.3 Å². The lowest BCUT2D eigenvalue weighted by atomic mass is 10.1. The molecule has 1 aromatic heterocycles. The molecule has 1 N–H and O–H groups in total. The van der Waals surface area contributed by atoms with E-state index in [1.165, 1.54) is 17.8 Å². The maximum absolute atomic E-state index is 12.3. The summed E-state index contributed by atoms with van der Waals surface area (Å²) in [5, 5.41) is 4.67. The van der Waals surface area contributed by atoms with Crippen molar-refractivity contribution in [3.63, 3.8) is 0 Å². The molecular formula is C15H16ClNOS. The minimum absolute atomic E-state index is 0.0229. The number of fused-ring (bicyclic) bond motifs is 1. The number of amides is 1. The smallest absolute Gasteiger partial charge is 0.263 e. The minimum atomic E-state index is -0.0229. The molecule has 1 saturated carbocycles. The Labute approximate surface area is 121 Å². The van der Waals surface area contributed by atoms with Crippen molar-refractivity contribution in [3.05, 3.63) is 34.2 Å². The van der Waals surface area contributed by atoms with Crippen LogP contribution in [0.15, 0.2) is 24.3 Å². The van der Waals surface area contributed by atoms with E-state index in [4.69, 9.17) is 11.6 Å². The van der Waals surface area contributed by atoms with Crippen molar-refractivity contribution in [2.45, 2.75) is 32.2 Å². The summed E-state index contributed by atoms with van der Waals surface area (Å²) in [5.41, 5.74) is 0. The van der Waals surface area contributed by atoms with Gasteiger partial charge in [-0.05, 0) is 31.2 Å². The largest absolute Gasteiger partial charge is 0.349 e. The van der Waals surface area contributed by atoms with Gasteiger partial charge in [0.05, 0.1) is 5.02 Å². The van der Waals surface area contributed by atoms with Crippen molar-refractivity contribution in [1.82, 2.24) is 5.32 Å². The van der Waals surface area contributed by atoms with Gasteiger partial charge in [0.2, 0.25) is 0 Å². The zero-order valence-electron chi connectivity index (χ0n) is 10.8. The van der Waals surface area contributed by atoms with Crippen molar-refractivity contribution in [2.24, 2.45) is 5.92 Å². The first-order chi connectivity index (χ1) is 9.15. The number of hydrogen-bond acceptors (Lipinski definition) is 2. The van der Waals surface area contributed by atoms with Crippen LogP contribution < -0.4 is 5.32 Å². The van der Waals surface area contributed by atoms with Gasteiger partial charge in [0.1, 0.15) is 4.88 Å². The third kappa shape index (κ3) is 2.49. The number of hydrogen-bond donors (Lipinski definition) is 1. The van der Waals surface area contributed by atoms with Crippen molar-refractivity contribution >= 4 is 38.9 Å². The molecule has 1 heterocycles. The fourth-order valence-electron chi connectivity index (χ4n) is 2.75. The summed E-state index contributed by atoms with van der Waals surface area (Å²) in [7, 11) is 0. The molecule has 0 spiro atoms. The molecule has 0 saturated heterocycles. The first-order valence-electron chi connectivity index (χ1n) is 6.63. The maximum Gasteiger partial charge on any atom is 0.263 e. The number of thiophene rings is 1. The van der Waals surface area contributed by atoms with Crippen LogP contribution in [-0.2, 0) is 0 Å². The first kappa shape index (κ1) is 12.9. The summed E-state index contributed by atoms with van der Waals surface area (Å²) in [4.78, 5) is 13.0. The summed E-state index contributed by atoms with van der Waals surface area (Å²) < 4.78 is 1.07. The Bertz CT molecular complexity index is 622. The van der Waals surface area contributed by atoms with Crippen molar-refractivity contribution in [1.29, 1.82) is 0 Å². The minimum Gasteiger partial charge on any atom is -0.349 e. The van der Waals surface area contributed by atoms with Gasteiger partial charge in [-0.15, -0.1) is 11.3 Å². The normalized spacial score (nSPS) is 22.8. The zero-order valence-corrected chi connectivity index (χ0v) is 12.4. The molecule has 4 heteroatoms. The zero-order chi connectivity index (χ0) is 13.4. The van der Waals surface area contributed by atoms with Gasteiger partial charge in [-0.25, -0.2) is 0 Å². The van der Waals surface area contributed by atoms with E-state index >= 15 is 0 Å². The SMILES string of the molecule is CC1CCC(NC(=O)c2sc3ccccc3c2Cl)C1. The van der Waals surface area contributed by atoms with E-state index in [0.717, 1.165) is 22.9 Å². The second kappa shape index (κ2) is 5.14. The fourth-order valence-corrected chi connectivity index (χ4v) is 4.17. The second-order valence-corrected chi connectivity index (χ2v) is 6.76. The molecule has 0 bridgehead atoms. The van der Waals surface area contributed by atoms with Crippen LogP contribution in [0, 0.1) is 5.92 Å². The van der Waals surface area contributed by atoms with Gasteiger partial charge in [-0.1, -0.05) is 36.7 Å². The van der Waals surface area contributed by atoms with E-state index in [-0.39, 0.29) is 5.91 Å². The molecule has 0 aliphatic heterocycles. The Morgan fingerprint density at radius 3 is 2.84 bits per heavy atom. The topological polar surface area (TPSA) is 29.1 Å². The number of carbonyl (C=O) groups is 1. The molecule has 100 valence electrons. The van der Waals surface area contributed by atoms with Crippen LogP contribution in [0.25, 0.3) is 10.1 Å². The van der Waals surface area contributed by atoms with Gasteiger partial charge in [0.25, 0.3) is 5.91 Å². The summed E-state index contributed by atoms with van der Waals surface area (Å²) in [5.74, 6) is 0.688. The maximum atomic E-state index is 12.3. The Kier molecular flexibility index (Phi) is 3.50. The lowest BCUT2D eigenvalue weighted by molar-refractivity contribution is 0.0941. The average molecular weight is 294 g/mol. The van der Waals surface area contributed by atoms with Crippen LogP contribution in [0.5, 0.6) is 0 Å². The first-order valence-corrected chi connectivity index (χ1v) is 7.82. The molecule has 1 aromatic carbocycles. The standard InChI is InChI=1S/C15H16ClNOS/c1-9-6-7-10(8-9)17-15(18)14-13(16)11-4-2-3-5-12(11)19-14/h2-5,9-10H,6-8H2,1H3,(H,17,18). The average Bonchev–Trinajstić information content (AvgIpc) is 2.94. The molecule has 2 aromatic rings. The van der Waals surface area contributed by atoms with E-state index in [9.17, 15) is 4.79 Å². The highest BCUT2D eigenvalue weighted by atomic mass is 35.5. The highest BCUT2D eigenvalue weighted by Crippen LogP contribution is 2.35. The molecule has 1 aliphatic carbocycles. The van der Waals surface area contributed by atoms with Crippen molar-refractivity contribution in [3.8, 4) is 0 Å². The molecule has 3 rings (SSSR count). The fraction of sp³-hybridized carbons (Fsp3) is 0.400. The van der Waals surface area contributed by atoms with E-state index in [0.29, 0.717) is 21.9 Å². The lowest BCUT2D eigenvalue weighted by Gasteiger charge is -2.11. The Morgan fingerprint density at radius 1 is 1.37 bits per heavy atom. The van der Waals surface area contributed by atoms with Crippen LogP contribution in [0.2, 0.25) is 5.02 Å². The second-order valence-electron chi connectivity index (χ2n) is 5.33. The molecular weight excluding hydrogens is 278 g/mol. The molecule has 2 nitrogen and oxygen atoms in total. The summed E-state index contributed by atoms with van der Waals surface area (Å²) in [6.45, 7) is 2.23. The van der Waals surface area contributed by atoms with E-state index in [1.54, 1.807) is 0 Å². The van der Waals surface area contributed by atoms with Crippen LogP contribution in [0.1, 0.15) is 35.9 Å². The number of carbonyl (C=O) groups excluding carboxylic acids is 1. The highest BCUT2D eigenvalue weighted by Gasteiger charge is 2.25. The molecule has 1 amide bonds. The van der Waals surface area contributed by atoms with E-state index < -0.39 is 0 Å². The summed E-state index contributed by atoms with van der Waals surface area (Å²) in [6, 6.07) is 8.18. The highest BCUT2D eigenvalue weighted by molar-refractivity contribution is 7.21. The number of benzene rings is 1. The molecule has 2 atom stereocenters.